The van der Waals surface area contributed by atoms with Gasteiger partial charge < -0.3 is 14.8 Å². The van der Waals surface area contributed by atoms with Gasteiger partial charge in [-0.1, -0.05) is 24.3 Å². The lowest BCUT2D eigenvalue weighted by Gasteiger charge is -2.04. The first-order chi connectivity index (χ1) is 10.2. The fourth-order valence-corrected chi connectivity index (χ4v) is 2.08. The third-order valence-corrected chi connectivity index (χ3v) is 3.09. The smallest absolute Gasteiger partial charge is 0.291 e. The second kappa shape index (κ2) is 5.38. The summed E-state index contributed by atoms with van der Waals surface area (Å²) in [6, 6.07) is 12.8. The number of carbonyl (C=O) groups excluding carboxylic acids is 1. The molecule has 1 aromatic heterocycles. The van der Waals surface area contributed by atoms with Gasteiger partial charge in [0.15, 0.2) is 17.2 Å². The Morgan fingerprint density at radius 2 is 2.00 bits per heavy atom. The Kier molecular flexibility index (Phi) is 3.41. The van der Waals surface area contributed by atoms with E-state index in [1.54, 1.807) is 36.4 Å². The fraction of sp³-hybridized carbons (Fsp3) is 0.0625. The number of hydrogen-bond donors (Lipinski definition) is 2. The largest absolute Gasteiger partial charge is 0.448 e. The van der Waals surface area contributed by atoms with Crippen molar-refractivity contribution in [3.05, 3.63) is 65.7 Å². The molecule has 0 aliphatic heterocycles. The lowest BCUT2D eigenvalue weighted by Crippen LogP contribution is -2.10. The first kappa shape index (κ1) is 13.3. The van der Waals surface area contributed by atoms with Crippen molar-refractivity contribution in [1.82, 2.24) is 0 Å². The lowest BCUT2D eigenvalue weighted by molar-refractivity contribution is 0.0998. The summed E-state index contributed by atoms with van der Waals surface area (Å²) in [5.74, 6) is -0.945. The highest BCUT2D eigenvalue weighted by atomic mass is 19.1. The van der Waals surface area contributed by atoms with E-state index in [9.17, 15) is 9.18 Å². The summed E-state index contributed by atoms with van der Waals surface area (Å²) in [5, 5.41) is 12.2. The number of halogens is 1. The summed E-state index contributed by atoms with van der Waals surface area (Å²) in [5.41, 5.74) is 1.28. The number of amides is 1. The Hall–Kier alpha value is -2.66. The van der Waals surface area contributed by atoms with E-state index in [0.29, 0.717) is 16.6 Å². The second-order valence-corrected chi connectivity index (χ2v) is 4.58. The normalized spacial score (nSPS) is 10.8. The third-order valence-electron chi connectivity index (χ3n) is 3.09. The molecule has 0 spiro atoms. The molecule has 2 N–H and O–H groups in total. The van der Waals surface area contributed by atoms with E-state index >= 15 is 0 Å². The maximum Gasteiger partial charge on any atom is 0.291 e. The van der Waals surface area contributed by atoms with Crippen molar-refractivity contribution in [2.45, 2.75) is 6.61 Å². The second-order valence-electron chi connectivity index (χ2n) is 4.58. The van der Waals surface area contributed by atoms with Gasteiger partial charge in [-0.2, -0.15) is 0 Å². The van der Waals surface area contributed by atoms with Crippen molar-refractivity contribution in [3.8, 4) is 0 Å². The molecule has 2 aromatic carbocycles. The Morgan fingerprint density at radius 1 is 1.19 bits per heavy atom. The van der Waals surface area contributed by atoms with E-state index in [4.69, 9.17) is 9.52 Å². The average Bonchev–Trinajstić information content (AvgIpc) is 2.93. The zero-order valence-corrected chi connectivity index (χ0v) is 11.0. The number of aliphatic hydroxyl groups is 1. The highest BCUT2D eigenvalue weighted by molar-refractivity contribution is 6.04. The van der Waals surface area contributed by atoms with Crippen LogP contribution in [-0.4, -0.2) is 11.0 Å². The zero-order chi connectivity index (χ0) is 14.8. The maximum atomic E-state index is 13.5. The number of carbonyl (C=O) groups is 1. The summed E-state index contributed by atoms with van der Waals surface area (Å²) >= 11 is 0. The molecule has 1 heterocycles. The van der Waals surface area contributed by atoms with Gasteiger partial charge in [0.25, 0.3) is 5.91 Å². The summed E-state index contributed by atoms with van der Waals surface area (Å²) in [6.07, 6.45) is 0. The molecule has 0 aliphatic carbocycles. The van der Waals surface area contributed by atoms with Crippen molar-refractivity contribution < 1.29 is 18.7 Å². The molecule has 0 saturated carbocycles. The summed E-state index contributed by atoms with van der Waals surface area (Å²) in [6.45, 7) is -0.112. The van der Waals surface area contributed by atoms with E-state index in [-0.39, 0.29) is 18.0 Å². The van der Waals surface area contributed by atoms with Crippen molar-refractivity contribution in [3.63, 3.8) is 0 Å². The minimum absolute atomic E-state index is 0.0319. The molecular weight excluding hydrogens is 273 g/mol. The van der Waals surface area contributed by atoms with Crippen LogP contribution in [0, 0.1) is 5.82 Å². The van der Waals surface area contributed by atoms with Gasteiger partial charge >= 0.3 is 0 Å². The molecule has 0 atom stereocenters. The van der Waals surface area contributed by atoms with Gasteiger partial charge in [-0.25, -0.2) is 4.39 Å². The summed E-state index contributed by atoms with van der Waals surface area (Å²) < 4.78 is 18.8. The number of hydrogen-bond acceptors (Lipinski definition) is 3. The van der Waals surface area contributed by atoms with Crippen LogP contribution in [0.15, 0.2) is 52.9 Å². The average molecular weight is 285 g/mol. The molecule has 0 radical (unpaired) electrons. The summed E-state index contributed by atoms with van der Waals surface area (Å²) in [4.78, 5) is 12.1. The first-order valence-electron chi connectivity index (χ1n) is 6.36. The maximum absolute atomic E-state index is 13.5. The van der Waals surface area contributed by atoms with E-state index < -0.39 is 11.7 Å². The number of fused-ring (bicyclic) bond motifs is 1. The van der Waals surface area contributed by atoms with Crippen LogP contribution in [0.5, 0.6) is 0 Å². The molecule has 3 rings (SSSR count). The van der Waals surface area contributed by atoms with Gasteiger partial charge in [0.2, 0.25) is 0 Å². The number of benzene rings is 2. The number of anilines is 1. The van der Waals surface area contributed by atoms with Crippen LogP contribution in [0.1, 0.15) is 16.1 Å². The SMILES string of the molecule is O=C(Nc1cccc(CO)c1)c1cc2cccc(F)c2o1. The van der Waals surface area contributed by atoms with Gasteiger partial charge in [-0.3, -0.25) is 4.79 Å². The minimum atomic E-state index is -0.506. The van der Waals surface area contributed by atoms with Crippen LogP contribution in [0.25, 0.3) is 11.0 Å². The number of aliphatic hydroxyl groups excluding tert-OH is 1. The van der Waals surface area contributed by atoms with Crippen LogP contribution in [0.2, 0.25) is 0 Å². The van der Waals surface area contributed by atoms with Crippen molar-refractivity contribution in [1.29, 1.82) is 0 Å². The fourth-order valence-electron chi connectivity index (χ4n) is 2.08. The number of furan rings is 1. The van der Waals surface area contributed by atoms with Gasteiger partial charge in [-0.15, -0.1) is 0 Å². The predicted molar refractivity (Wildman–Crippen MR) is 76.5 cm³/mol. The number of rotatable bonds is 3. The summed E-state index contributed by atoms with van der Waals surface area (Å²) in [7, 11) is 0. The Balaban J connectivity index is 1.88. The Morgan fingerprint density at radius 3 is 2.76 bits per heavy atom. The standard InChI is InChI=1S/C16H12FNO3/c17-13-6-2-4-11-8-14(21-15(11)13)16(20)18-12-5-1-3-10(7-12)9-19/h1-8,19H,9H2,(H,18,20). The van der Waals surface area contributed by atoms with Crippen molar-refractivity contribution in [2.24, 2.45) is 0 Å². The molecule has 1 amide bonds. The van der Waals surface area contributed by atoms with E-state index in [0.717, 1.165) is 0 Å². The van der Waals surface area contributed by atoms with Gasteiger partial charge in [0, 0.05) is 11.1 Å². The molecule has 21 heavy (non-hydrogen) atoms. The Labute approximate surface area is 119 Å². The number of para-hydroxylation sites is 1. The third kappa shape index (κ3) is 2.64. The lowest BCUT2D eigenvalue weighted by atomic mass is 10.2. The van der Waals surface area contributed by atoms with E-state index in [1.165, 1.54) is 12.1 Å². The van der Waals surface area contributed by atoms with Crippen molar-refractivity contribution >= 4 is 22.6 Å². The monoisotopic (exact) mass is 285 g/mol. The molecule has 106 valence electrons. The first-order valence-corrected chi connectivity index (χ1v) is 6.36. The van der Waals surface area contributed by atoms with Crippen LogP contribution in [0.3, 0.4) is 0 Å². The van der Waals surface area contributed by atoms with Crippen molar-refractivity contribution in [2.75, 3.05) is 5.32 Å². The molecular formula is C16H12FNO3. The molecule has 0 fully saturated rings. The topological polar surface area (TPSA) is 62.5 Å². The molecule has 4 nitrogen and oxygen atoms in total. The minimum Gasteiger partial charge on any atom is -0.448 e. The number of nitrogens with one attached hydrogen (secondary N) is 1. The van der Waals surface area contributed by atoms with Crippen LogP contribution in [-0.2, 0) is 6.61 Å². The van der Waals surface area contributed by atoms with Crippen LogP contribution >= 0.6 is 0 Å². The predicted octanol–water partition coefficient (Wildman–Crippen LogP) is 3.32. The Bertz CT molecular complexity index is 810. The van der Waals surface area contributed by atoms with E-state index in [2.05, 4.69) is 5.32 Å². The molecule has 3 aromatic rings. The van der Waals surface area contributed by atoms with Crippen LogP contribution in [0.4, 0.5) is 10.1 Å². The quantitative estimate of drug-likeness (QED) is 0.776. The molecule has 0 unspecified atom stereocenters. The van der Waals surface area contributed by atoms with E-state index in [1.807, 2.05) is 0 Å². The molecule has 0 saturated heterocycles. The molecule has 0 bridgehead atoms. The zero-order valence-electron chi connectivity index (χ0n) is 11.0. The molecule has 5 heteroatoms. The molecule has 0 aliphatic rings. The highest BCUT2D eigenvalue weighted by Gasteiger charge is 2.14. The highest BCUT2D eigenvalue weighted by Crippen LogP contribution is 2.23. The van der Waals surface area contributed by atoms with Gasteiger partial charge in [0.1, 0.15) is 0 Å². The van der Waals surface area contributed by atoms with Crippen LogP contribution < -0.4 is 5.32 Å². The van der Waals surface area contributed by atoms with Gasteiger partial charge in [0.05, 0.1) is 6.61 Å². The van der Waals surface area contributed by atoms with Gasteiger partial charge in [-0.05, 0) is 29.8 Å².